The Morgan fingerprint density at radius 3 is 2.34 bits per heavy atom. The van der Waals surface area contributed by atoms with Gasteiger partial charge in [-0.25, -0.2) is 4.98 Å². The van der Waals surface area contributed by atoms with Crippen LogP contribution < -0.4 is 20.3 Å². The number of aromatic nitrogens is 1. The molecule has 4 rings (SSSR count). The zero-order valence-electron chi connectivity index (χ0n) is 18.6. The lowest BCUT2D eigenvalue weighted by Gasteiger charge is -2.32. The molecule has 0 spiro atoms. The second-order valence-electron chi connectivity index (χ2n) is 8.19. The largest absolute Gasteiger partial charge is 0.497 e. The number of nitrogens with one attached hydrogen (secondary N) is 2. The highest BCUT2D eigenvalue weighted by molar-refractivity contribution is 5.94. The number of hydrogen-bond donors (Lipinski definition) is 2. The number of fused-ring (bicyclic) bond motifs is 1. The van der Waals surface area contributed by atoms with Gasteiger partial charge in [-0.1, -0.05) is 0 Å². The quantitative estimate of drug-likeness (QED) is 0.626. The summed E-state index contributed by atoms with van der Waals surface area (Å²) < 4.78 is 5.16. The SMILES string of the molecule is COc1ccc(NC(=O)C2CCN(c3cc(C)c4cc(NC(C)=O)ccc4n3)CC2)cc1. The van der Waals surface area contributed by atoms with Crippen molar-refractivity contribution in [1.29, 1.82) is 0 Å². The van der Waals surface area contributed by atoms with Crippen molar-refractivity contribution in [2.24, 2.45) is 5.92 Å². The first-order valence-corrected chi connectivity index (χ1v) is 10.8. The summed E-state index contributed by atoms with van der Waals surface area (Å²) in [5.41, 5.74) is 3.56. The summed E-state index contributed by atoms with van der Waals surface area (Å²) >= 11 is 0. The molecule has 1 aliphatic heterocycles. The molecule has 7 heteroatoms. The fraction of sp³-hybridized carbons (Fsp3) is 0.320. The van der Waals surface area contributed by atoms with Gasteiger partial charge in [-0.05, 0) is 73.9 Å². The Hall–Kier alpha value is -3.61. The molecule has 0 atom stereocenters. The van der Waals surface area contributed by atoms with Crippen LogP contribution >= 0.6 is 0 Å². The van der Waals surface area contributed by atoms with E-state index in [2.05, 4.69) is 28.5 Å². The Kier molecular flexibility index (Phi) is 6.25. The van der Waals surface area contributed by atoms with Crippen LogP contribution in [0.15, 0.2) is 48.5 Å². The maximum atomic E-state index is 12.7. The van der Waals surface area contributed by atoms with E-state index in [9.17, 15) is 9.59 Å². The van der Waals surface area contributed by atoms with Crippen molar-refractivity contribution in [1.82, 2.24) is 4.98 Å². The molecule has 2 N–H and O–H groups in total. The van der Waals surface area contributed by atoms with Crippen molar-refractivity contribution < 1.29 is 14.3 Å². The van der Waals surface area contributed by atoms with E-state index in [-0.39, 0.29) is 17.7 Å². The fourth-order valence-corrected chi connectivity index (χ4v) is 4.11. The highest BCUT2D eigenvalue weighted by atomic mass is 16.5. The molecule has 7 nitrogen and oxygen atoms in total. The van der Waals surface area contributed by atoms with Crippen LogP contribution in [0.2, 0.25) is 0 Å². The van der Waals surface area contributed by atoms with E-state index in [0.717, 1.165) is 65.3 Å². The van der Waals surface area contributed by atoms with Gasteiger partial charge in [0.2, 0.25) is 11.8 Å². The molecule has 2 amide bonds. The molecule has 3 aromatic rings. The number of nitrogens with zero attached hydrogens (tertiary/aromatic N) is 2. The number of pyridine rings is 1. The minimum absolute atomic E-state index is 0.0184. The highest BCUT2D eigenvalue weighted by Gasteiger charge is 2.26. The standard InChI is InChI=1S/C25H28N4O3/c1-16-14-24(28-23-9-6-20(15-22(16)23)26-17(2)30)29-12-10-18(11-13-29)25(31)27-19-4-7-21(32-3)8-5-19/h4-9,14-15,18H,10-13H2,1-3H3,(H,26,30)(H,27,31). The van der Waals surface area contributed by atoms with Crippen molar-refractivity contribution in [3.63, 3.8) is 0 Å². The van der Waals surface area contributed by atoms with Gasteiger partial charge in [0.05, 0.1) is 12.6 Å². The van der Waals surface area contributed by atoms with Gasteiger partial charge in [-0.2, -0.15) is 0 Å². The fourth-order valence-electron chi connectivity index (χ4n) is 4.11. The number of aryl methyl sites for hydroxylation is 1. The molecule has 2 heterocycles. The number of piperidine rings is 1. The van der Waals surface area contributed by atoms with Gasteiger partial charge < -0.3 is 20.3 Å². The van der Waals surface area contributed by atoms with E-state index in [4.69, 9.17) is 9.72 Å². The van der Waals surface area contributed by atoms with Crippen LogP contribution in [-0.4, -0.2) is 37.0 Å². The van der Waals surface area contributed by atoms with Crippen LogP contribution in [0.5, 0.6) is 5.75 Å². The molecule has 1 saturated heterocycles. The second kappa shape index (κ2) is 9.26. The van der Waals surface area contributed by atoms with E-state index in [1.807, 2.05) is 42.5 Å². The number of carbonyl (C=O) groups excluding carboxylic acids is 2. The summed E-state index contributed by atoms with van der Waals surface area (Å²) in [5, 5.41) is 6.85. The average molecular weight is 433 g/mol. The smallest absolute Gasteiger partial charge is 0.227 e. The highest BCUT2D eigenvalue weighted by Crippen LogP contribution is 2.28. The monoisotopic (exact) mass is 432 g/mol. The maximum absolute atomic E-state index is 12.7. The lowest BCUT2D eigenvalue weighted by Crippen LogP contribution is -2.38. The summed E-state index contributed by atoms with van der Waals surface area (Å²) in [4.78, 5) is 31.1. The van der Waals surface area contributed by atoms with Crippen molar-refractivity contribution in [3.05, 3.63) is 54.1 Å². The lowest BCUT2D eigenvalue weighted by molar-refractivity contribution is -0.120. The van der Waals surface area contributed by atoms with Gasteiger partial charge in [0, 0.05) is 42.7 Å². The molecular weight excluding hydrogens is 404 g/mol. The van der Waals surface area contributed by atoms with Gasteiger partial charge in [0.1, 0.15) is 11.6 Å². The number of benzene rings is 2. The third kappa shape index (κ3) is 4.82. The first kappa shape index (κ1) is 21.6. The summed E-state index contributed by atoms with van der Waals surface area (Å²) in [6.45, 7) is 5.12. The van der Waals surface area contributed by atoms with Crippen LogP contribution in [0.25, 0.3) is 10.9 Å². The second-order valence-corrected chi connectivity index (χ2v) is 8.19. The number of rotatable bonds is 5. The van der Waals surface area contributed by atoms with Gasteiger partial charge in [-0.15, -0.1) is 0 Å². The van der Waals surface area contributed by atoms with Gasteiger partial charge >= 0.3 is 0 Å². The summed E-state index contributed by atoms with van der Waals surface area (Å²) in [6, 6.07) is 15.2. The number of anilines is 3. The third-order valence-corrected chi connectivity index (χ3v) is 5.87. The van der Waals surface area contributed by atoms with Crippen LogP contribution in [0, 0.1) is 12.8 Å². The van der Waals surface area contributed by atoms with E-state index >= 15 is 0 Å². The number of amides is 2. The molecule has 0 saturated carbocycles. The van der Waals surface area contributed by atoms with Crippen molar-refractivity contribution in [2.45, 2.75) is 26.7 Å². The maximum Gasteiger partial charge on any atom is 0.227 e. The number of hydrogen-bond acceptors (Lipinski definition) is 5. The number of methoxy groups -OCH3 is 1. The van der Waals surface area contributed by atoms with E-state index in [1.54, 1.807) is 7.11 Å². The Morgan fingerprint density at radius 2 is 1.69 bits per heavy atom. The van der Waals surface area contributed by atoms with Gasteiger partial charge in [0.25, 0.3) is 0 Å². The third-order valence-electron chi connectivity index (χ3n) is 5.87. The molecule has 0 aliphatic carbocycles. The molecule has 166 valence electrons. The molecule has 32 heavy (non-hydrogen) atoms. The van der Waals surface area contributed by atoms with Crippen LogP contribution in [-0.2, 0) is 9.59 Å². The van der Waals surface area contributed by atoms with E-state index in [0.29, 0.717) is 0 Å². The summed E-state index contributed by atoms with van der Waals surface area (Å²) in [6.07, 6.45) is 1.56. The minimum atomic E-state index is -0.0921. The summed E-state index contributed by atoms with van der Waals surface area (Å²) in [5.74, 6) is 1.64. The molecule has 0 unspecified atom stereocenters. The molecule has 0 bridgehead atoms. The van der Waals surface area contributed by atoms with Crippen molar-refractivity contribution in [3.8, 4) is 5.75 Å². The normalized spacial score (nSPS) is 14.3. The van der Waals surface area contributed by atoms with E-state index in [1.165, 1.54) is 6.92 Å². The van der Waals surface area contributed by atoms with Crippen LogP contribution in [0.4, 0.5) is 17.2 Å². The molecule has 0 radical (unpaired) electrons. The van der Waals surface area contributed by atoms with Crippen LogP contribution in [0.1, 0.15) is 25.3 Å². The molecular formula is C25H28N4O3. The molecule has 1 aromatic heterocycles. The Balaban J connectivity index is 1.40. The molecule has 2 aromatic carbocycles. The summed E-state index contributed by atoms with van der Waals surface area (Å²) in [7, 11) is 1.62. The predicted octanol–water partition coefficient (Wildman–Crippen LogP) is 4.37. The lowest BCUT2D eigenvalue weighted by atomic mass is 9.95. The van der Waals surface area contributed by atoms with Crippen LogP contribution in [0.3, 0.4) is 0 Å². The zero-order chi connectivity index (χ0) is 22.7. The first-order valence-electron chi connectivity index (χ1n) is 10.8. The van der Waals surface area contributed by atoms with E-state index < -0.39 is 0 Å². The predicted molar refractivity (Wildman–Crippen MR) is 127 cm³/mol. The van der Waals surface area contributed by atoms with Crippen molar-refractivity contribution >= 4 is 39.9 Å². The first-order chi connectivity index (χ1) is 15.4. The number of carbonyl (C=O) groups is 2. The number of ether oxygens (including phenoxy) is 1. The topological polar surface area (TPSA) is 83.6 Å². The van der Waals surface area contributed by atoms with Crippen molar-refractivity contribution in [2.75, 3.05) is 35.7 Å². The Bertz CT molecular complexity index is 1140. The van der Waals surface area contributed by atoms with Gasteiger partial charge in [-0.3, -0.25) is 9.59 Å². The minimum Gasteiger partial charge on any atom is -0.497 e. The Morgan fingerprint density at radius 1 is 1.00 bits per heavy atom. The zero-order valence-corrected chi connectivity index (χ0v) is 18.6. The van der Waals surface area contributed by atoms with Gasteiger partial charge in [0.15, 0.2) is 0 Å². The Labute approximate surface area is 187 Å². The average Bonchev–Trinajstić information content (AvgIpc) is 2.79. The molecule has 1 aliphatic rings. The molecule has 1 fully saturated rings.